The second kappa shape index (κ2) is 6.24. The van der Waals surface area contributed by atoms with Crippen molar-refractivity contribution in [1.82, 2.24) is 15.0 Å². The van der Waals surface area contributed by atoms with Crippen molar-refractivity contribution < 1.29 is 5.11 Å². The number of H-pyrrole nitrogens is 1. The summed E-state index contributed by atoms with van der Waals surface area (Å²) in [5.41, 5.74) is 4.21. The number of hydrogen-bond acceptors (Lipinski definition) is 4. The van der Waals surface area contributed by atoms with Crippen LogP contribution in [0, 0.1) is 12.8 Å². The summed E-state index contributed by atoms with van der Waals surface area (Å²) in [6.07, 6.45) is 4.09. The van der Waals surface area contributed by atoms with E-state index >= 15 is 0 Å². The Morgan fingerprint density at radius 1 is 1.29 bits per heavy atom. The molecule has 2 N–H and O–H groups in total. The van der Waals surface area contributed by atoms with Crippen LogP contribution >= 0.6 is 0 Å². The zero-order valence-electron chi connectivity index (χ0n) is 13.9. The molecule has 0 aliphatic carbocycles. The number of anilines is 1. The van der Waals surface area contributed by atoms with E-state index < -0.39 is 0 Å². The number of hydrogen-bond donors (Lipinski definition) is 2. The molecular formula is C19H22N4O. The molecule has 0 radical (unpaired) electrons. The van der Waals surface area contributed by atoms with E-state index in [1.807, 2.05) is 31.3 Å². The lowest BCUT2D eigenvalue weighted by Gasteiger charge is -2.33. The molecule has 1 aromatic carbocycles. The summed E-state index contributed by atoms with van der Waals surface area (Å²) >= 11 is 0. The van der Waals surface area contributed by atoms with E-state index in [9.17, 15) is 5.11 Å². The van der Waals surface area contributed by atoms with Gasteiger partial charge in [-0.05, 0) is 31.2 Å². The second-order valence-electron chi connectivity index (χ2n) is 6.54. The quantitative estimate of drug-likeness (QED) is 0.778. The first-order chi connectivity index (χ1) is 11.8. The Kier molecular flexibility index (Phi) is 3.94. The van der Waals surface area contributed by atoms with E-state index in [-0.39, 0.29) is 6.61 Å². The highest BCUT2D eigenvalue weighted by molar-refractivity contribution is 5.85. The Morgan fingerprint density at radius 3 is 2.92 bits per heavy atom. The van der Waals surface area contributed by atoms with E-state index in [0.29, 0.717) is 5.92 Å². The summed E-state index contributed by atoms with van der Waals surface area (Å²) in [6, 6.07) is 10.3. The average molecular weight is 322 g/mol. The third-order valence-electron chi connectivity index (χ3n) is 4.78. The highest BCUT2D eigenvalue weighted by Gasteiger charge is 2.26. The number of fused-ring (bicyclic) bond motifs is 1. The lowest BCUT2D eigenvalue weighted by atomic mass is 9.98. The van der Waals surface area contributed by atoms with Crippen LogP contribution in [0.2, 0.25) is 0 Å². The number of nitrogens with zero attached hydrogens (tertiary/aromatic N) is 3. The molecule has 4 rings (SSSR count). The zero-order valence-corrected chi connectivity index (χ0v) is 13.9. The second-order valence-corrected chi connectivity index (χ2v) is 6.54. The first kappa shape index (κ1) is 15.1. The minimum absolute atomic E-state index is 0.237. The van der Waals surface area contributed by atoms with Crippen LogP contribution in [0.4, 0.5) is 5.82 Å². The van der Waals surface area contributed by atoms with Gasteiger partial charge in [0.15, 0.2) is 5.82 Å². The van der Waals surface area contributed by atoms with Crippen molar-refractivity contribution in [2.75, 3.05) is 24.6 Å². The van der Waals surface area contributed by atoms with Gasteiger partial charge in [0.05, 0.1) is 5.69 Å². The van der Waals surface area contributed by atoms with Crippen LogP contribution < -0.4 is 4.90 Å². The van der Waals surface area contributed by atoms with Gasteiger partial charge in [-0.25, -0.2) is 4.98 Å². The number of piperidine rings is 1. The molecule has 0 amide bonds. The highest BCUT2D eigenvalue weighted by atomic mass is 16.3. The Hall–Kier alpha value is -2.40. The number of nitrogens with one attached hydrogen (secondary N) is 1. The fourth-order valence-electron chi connectivity index (χ4n) is 3.57. The minimum Gasteiger partial charge on any atom is -0.396 e. The fraction of sp³-hybridized carbons (Fsp3) is 0.368. The van der Waals surface area contributed by atoms with Gasteiger partial charge < -0.3 is 15.0 Å². The van der Waals surface area contributed by atoms with Crippen molar-refractivity contribution in [2.24, 2.45) is 5.92 Å². The van der Waals surface area contributed by atoms with Crippen molar-refractivity contribution in [2.45, 2.75) is 19.8 Å². The summed E-state index contributed by atoms with van der Waals surface area (Å²) < 4.78 is 0. The van der Waals surface area contributed by atoms with Gasteiger partial charge in [0.2, 0.25) is 0 Å². The van der Waals surface area contributed by atoms with Crippen LogP contribution in [-0.2, 0) is 0 Å². The number of aliphatic hydroxyl groups is 1. The summed E-state index contributed by atoms with van der Waals surface area (Å²) in [5.74, 6) is 2.14. The molecule has 3 aliphatic rings. The van der Waals surface area contributed by atoms with Crippen LogP contribution in [0.3, 0.4) is 0 Å². The van der Waals surface area contributed by atoms with E-state index in [2.05, 4.69) is 27.0 Å². The minimum atomic E-state index is 0.237. The molecule has 3 heterocycles. The molecule has 3 aliphatic heterocycles. The molecule has 1 aromatic rings. The van der Waals surface area contributed by atoms with Crippen LogP contribution in [0.5, 0.6) is 0 Å². The topological polar surface area (TPSA) is 65.0 Å². The summed E-state index contributed by atoms with van der Waals surface area (Å²) in [4.78, 5) is 15.1. The van der Waals surface area contributed by atoms with Crippen LogP contribution in [0.1, 0.15) is 18.7 Å². The maximum absolute atomic E-state index is 9.51. The van der Waals surface area contributed by atoms with Gasteiger partial charge >= 0.3 is 0 Å². The molecular weight excluding hydrogens is 300 g/mol. The molecule has 5 heteroatoms. The zero-order chi connectivity index (χ0) is 16.5. The Morgan fingerprint density at radius 2 is 2.12 bits per heavy atom. The third-order valence-corrected chi connectivity index (χ3v) is 4.78. The maximum Gasteiger partial charge on any atom is 0.158 e. The third kappa shape index (κ3) is 2.65. The molecule has 1 saturated heterocycles. The molecule has 0 saturated carbocycles. The number of aryl methyl sites for hydroxylation is 1. The maximum atomic E-state index is 9.51. The molecule has 1 unspecified atom stereocenters. The van der Waals surface area contributed by atoms with Crippen LogP contribution in [0.25, 0.3) is 22.5 Å². The van der Waals surface area contributed by atoms with Gasteiger partial charge in [-0.15, -0.1) is 0 Å². The number of benzene rings is 1. The van der Waals surface area contributed by atoms with Crippen molar-refractivity contribution in [3.8, 4) is 22.5 Å². The number of rotatable bonds is 3. The lowest BCUT2D eigenvalue weighted by molar-refractivity contribution is 0.208. The molecule has 1 atom stereocenters. The molecule has 124 valence electrons. The Labute approximate surface area is 141 Å². The molecule has 0 bridgehead atoms. The number of aromatic nitrogens is 3. The van der Waals surface area contributed by atoms with E-state index in [1.165, 1.54) is 0 Å². The summed E-state index contributed by atoms with van der Waals surface area (Å²) in [6.45, 7) is 4.03. The first-order valence-electron chi connectivity index (χ1n) is 8.53. The van der Waals surface area contributed by atoms with Gasteiger partial charge in [0, 0.05) is 31.5 Å². The normalized spacial score (nSPS) is 18.2. The largest absolute Gasteiger partial charge is 0.396 e. The lowest BCUT2D eigenvalue weighted by Crippen LogP contribution is -2.37. The van der Waals surface area contributed by atoms with Crippen molar-refractivity contribution in [3.63, 3.8) is 0 Å². The Balaban J connectivity index is 1.76. The molecule has 5 nitrogen and oxygen atoms in total. The van der Waals surface area contributed by atoms with Crippen molar-refractivity contribution in [3.05, 3.63) is 42.4 Å². The van der Waals surface area contributed by atoms with E-state index in [1.54, 1.807) is 0 Å². The van der Waals surface area contributed by atoms with Crippen molar-refractivity contribution in [1.29, 1.82) is 0 Å². The molecule has 0 aromatic heterocycles. The van der Waals surface area contributed by atoms with Crippen molar-refractivity contribution >= 4 is 5.82 Å². The molecule has 1 fully saturated rings. The van der Waals surface area contributed by atoms with Gasteiger partial charge in [0.25, 0.3) is 0 Å². The Bertz CT molecular complexity index is 799. The molecule has 24 heavy (non-hydrogen) atoms. The van der Waals surface area contributed by atoms with E-state index in [4.69, 9.17) is 4.98 Å². The predicted octanol–water partition coefficient (Wildman–Crippen LogP) is 3.09. The van der Waals surface area contributed by atoms with Gasteiger partial charge in [0.1, 0.15) is 11.5 Å². The monoisotopic (exact) mass is 322 g/mol. The molecule has 0 spiro atoms. The predicted molar refractivity (Wildman–Crippen MR) is 95.2 cm³/mol. The van der Waals surface area contributed by atoms with E-state index in [0.717, 1.165) is 60.1 Å². The first-order valence-corrected chi connectivity index (χ1v) is 8.53. The standard InChI is InChI=1S/C19H22N4O/c1-13-21-17-16(15-7-3-2-4-8-15)10-20-18(17)19(22-13)23-9-5-6-14(11-23)12-24/h2-4,7-8,10,14,24H,5-6,9,11-12H2,1H3,(H,21,22). The number of aliphatic hydroxyl groups excluding tert-OH is 1. The fourth-order valence-corrected chi connectivity index (χ4v) is 3.57. The number of aromatic amines is 1. The van der Waals surface area contributed by atoms with Gasteiger partial charge in [-0.3, -0.25) is 4.98 Å². The summed E-state index contributed by atoms with van der Waals surface area (Å²) in [5, 5.41) is 9.51. The highest BCUT2D eigenvalue weighted by Crippen LogP contribution is 2.37. The SMILES string of the molecule is Cc1nc(N2CCCC(CO)C2)c2ncc(-c3ccccc3)c-2[nH]1. The average Bonchev–Trinajstić information content (AvgIpc) is 3.05. The summed E-state index contributed by atoms with van der Waals surface area (Å²) in [7, 11) is 0. The van der Waals surface area contributed by atoms with Crippen LogP contribution in [0.15, 0.2) is 36.5 Å². The smallest absolute Gasteiger partial charge is 0.158 e. The van der Waals surface area contributed by atoms with Crippen LogP contribution in [-0.4, -0.2) is 39.8 Å². The van der Waals surface area contributed by atoms with Gasteiger partial charge in [-0.1, -0.05) is 30.3 Å². The van der Waals surface area contributed by atoms with Gasteiger partial charge in [-0.2, -0.15) is 0 Å².